The maximum atomic E-state index is 13.4. The van der Waals surface area contributed by atoms with Gasteiger partial charge >= 0.3 is 0 Å². The Morgan fingerprint density at radius 2 is 1.75 bits per heavy atom. The SMILES string of the molecule is COc1cc(-c2cc3n(C)c(C)c(CCC(=O)NCc4ccc(C)o4)c(=O)n3n2)cc(OC)c1OC. The lowest BCUT2D eigenvalue weighted by molar-refractivity contribution is -0.121. The summed E-state index contributed by atoms with van der Waals surface area (Å²) in [6, 6.07) is 9.07. The molecule has 0 bridgehead atoms. The summed E-state index contributed by atoms with van der Waals surface area (Å²) in [6.45, 7) is 4.02. The lowest BCUT2D eigenvalue weighted by Gasteiger charge is -2.13. The van der Waals surface area contributed by atoms with Gasteiger partial charge in [-0.1, -0.05) is 0 Å². The molecule has 0 fully saturated rings. The highest BCUT2D eigenvalue weighted by atomic mass is 16.5. The molecular formula is C26H30N4O6. The van der Waals surface area contributed by atoms with E-state index in [9.17, 15) is 9.59 Å². The molecule has 0 aliphatic rings. The van der Waals surface area contributed by atoms with Gasteiger partial charge in [-0.15, -0.1) is 0 Å². The molecule has 1 amide bonds. The average molecular weight is 495 g/mol. The maximum Gasteiger partial charge on any atom is 0.277 e. The zero-order valence-corrected chi connectivity index (χ0v) is 21.3. The number of furan rings is 1. The quantitative estimate of drug-likeness (QED) is 0.381. The number of amides is 1. The predicted molar refractivity (Wildman–Crippen MR) is 134 cm³/mol. The van der Waals surface area contributed by atoms with Crippen molar-refractivity contribution < 1.29 is 23.4 Å². The molecule has 10 nitrogen and oxygen atoms in total. The number of ether oxygens (including phenoxy) is 3. The molecule has 36 heavy (non-hydrogen) atoms. The summed E-state index contributed by atoms with van der Waals surface area (Å²) < 4.78 is 25.0. The number of hydrogen-bond acceptors (Lipinski definition) is 7. The van der Waals surface area contributed by atoms with Crippen LogP contribution in [0.4, 0.5) is 0 Å². The molecule has 1 N–H and O–H groups in total. The third kappa shape index (κ3) is 4.66. The summed E-state index contributed by atoms with van der Waals surface area (Å²) in [7, 11) is 6.49. The van der Waals surface area contributed by atoms with Crippen molar-refractivity contribution in [2.75, 3.05) is 21.3 Å². The highest BCUT2D eigenvalue weighted by molar-refractivity contribution is 5.76. The van der Waals surface area contributed by atoms with Crippen molar-refractivity contribution in [2.24, 2.45) is 7.05 Å². The molecule has 4 aromatic rings. The van der Waals surface area contributed by atoms with Gasteiger partial charge in [0.1, 0.15) is 17.2 Å². The number of fused-ring (bicyclic) bond motifs is 1. The van der Waals surface area contributed by atoms with Gasteiger partial charge in [-0.2, -0.15) is 9.61 Å². The number of carbonyl (C=O) groups excluding carboxylic acids is 1. The first kappa shape index (κ1) is 24.9. The van der Waals surface area contributed by atoms with Crippen LogP contribution in [-0.4, -0.2) is 41.4 Å². The highest BCUT2D eigenvalue weighted by Gasteiger charge is 2.19. The van der Waals surface area contributed by atoms with Gasteiger partial charge < -0.3 is 28.5 Å². The van der Waals surface area contributed by atoms with Crippen LogP contribution in [0.5, 0.6) is 17.2 Å². The molecule has 10 heteroatoms. The minimum Gasteiger partial charge on any atom is -0.493 e. The Balaban J connectivity index is 1.62. The van der Waals surface area contributed by atoms with Crippen molar-refractivity contribution in [1.29, 1.82) is 0 Å². The van der Waals surface area contributed by atoms with Crippen LogP contribution in [0.3, 0.4) is 0 Å². The Kier molecular flexibility index (Phi) is 7.05. The summed E-state index contributed by atoms with van der Waals surface area (Å²) in [5.74, 6) is 2.76. The number of aromatic nitrogens is 3. The molecule has 0 aliphatic heterocycles. The third-order valence-corrected chi connectivity index (χ3v) is 6.24. The van der Waals surface area contributed by atoms with Crippen molar-refractivity contribution in [3.8, 4) is 28.5 Å². The number of nitrogens with zero attached hydrogens (tertiary/aromatic N) is 3. The van der Waals surface area contributed by atoms with Gasteiger partial charge in [-0.3, -0.25) is 9.59 Å². The molecule has 0 unspecified atom stereocenters. The van der Waals surface area contributed by atoms with E-state index in [1.54, 1.807) is 26.4 Å². The van der Waals surface area contributed by atoms with E-state index in [0.29, 0.717) is 52.0 Å². The van der Waals surface area contributed by atoms with Crippen LogP contribution >= 0.6 is 0 Å². The highest BCUT2D eigenvalue weighted by Crippen LogP contribution is 2.41. The largest absolute Gasteiger partial charge is 0.493 e. The normalized spacial score (nSPS) is 11.1. The Morgan fingerprint density at radius 1 is 1.06 bits per heavy atom. The Morgan fingerprint density at radius 3 is 2.33 bits per heavy atom. The zero-order valence-electron chi connectivity index (χ0n) is 21.3. The molecule has 3 heterocycles. The summed E-state index contributed by atoms with van der Waals surface area (Å²) in [5, 5.41) is 7.41. The minimum absolute atomic E-state index is 0.163. The summed E-state index contributed by atoms with van der Waals surface area (Å²) in [4.78, 5) is 25.8. The molecule has 0 saturated carbocycles. The molecule has 0 spiro atoms. The van der Waals surface area contributed by atoms with E-state index in [4.69, 9.17) is 18.6 Å². The van der Waals surface area contributed by atoms with Gasteiger partial charge in [0.25, 0.3) is 5.56 Å². The van der Waals surface area contributed by atoms with Crippen LogP contribution in [0.2, 0.25) is 0 Å². The minimum atomic E-state index is -0.256. The smallest absolute Gasteiger partial charge is 0.277 e. The third-order valence-electron chi connectivity index (χ3n) is 6.24. The van der Waals surface area contributed by atoms with E-state index in [1.807, 2.05) is 43.7 Å². The van der Waals surface area contributed by atoms with E-state index in [2.05, 4.69) is 10.4 Å². The van der Waals surface area contributed by atoms with E-state index < -0.39 is 0 Å². The van der Waals surface area contributed by atoms with Crippen LogP contribution in [-0.2, 0) is 24.8 Å². The van der Waals surface area contributed by atoms with E-state index in [0.717, 1.165) is 11.5 Å². The predicted octanol–water partition coefficient (Wildman–Crippen LogP) is 3.18. The van der Waals surface area contributed by atoms with Gasteiger partial charge in [0, 0.05) is 36.4 Å². The van der Waals surface area contributed by atoms with Crippen molar-refractivity contribution in [2.45, 2.75) is 33.2 Å². The van der Waals surface area contributed by atoms with E-state index in [-0.39, 0.29) is 24.3 Å². The maximum absolute atomic E-state index is 13.4. The van der Waals surface area contributed by atoms with Crippen LogP contribution < -0.4 is 25.1 Å². The zero-order chi connectivity index (χ0) is 26.0. The fourth-order valence-corrected chi connectivity index (χ4v) is 4.17. The van der Waals surface area contributed by atoms with Gasteiger partial charge in [-0.25, -0.2) is 0 Å². The summed E-state index contributed by atoms with van der Waals surface area (Å²) in [6.07, 6.45) is 0.457. The average Bonchev–Trinajstić information content (AvgIpc) is 3.52. The van der Waals surface area contributed by atoms with Gasteiger partial charge in [0.15, 0.2) is 11.5 Å². The first-order chi connectivity index (χ1) is 17.3. The first-order valence-electron chi connectivity index (χ1n) is 11.5. The Hall–Kier alpha value is -4.21. The molecular weight excluding hydrogens is 464 g/mol. The first-order valence-corrected chi connectivity index (χ1v) is 11.5. The van der Waals surface area contributed by atoms with Crippen molar-refractivity contribution in [3.63, 3.8) is 0 Å². The van der Waals surface area contributed by atoms with Crippen LogP contribution in [0.25, 0.3) is 16.9 Å². The number of carbonyl (C=O) groups is 1. The molecule has 0 saturated heterocycles. The molecule has 190 valence electrons. The van der Waals surface area contributed by atoms with Crippen molar-refractivity contribution >= 4 is 11.6 Å². The van der Waals surface area contributed by atoms with Gasteiger partial charge in [0.2, 0.25) is 11.7 Å². The van der Waals surface area contributed by atoms with Crippen molar-refractivity contribution in [3.05, 3.63) is 63.5 Å². The number of benzene rings is 1. The van der Waals surface area contributed by atoms with E-state index >= 15 is 0 Å². The van der Waals surface area contributed by atoms with Crippen LogP contribution in [0, 0.1) is 13.8 Å². The standard InChI is InChI=1S/C26H30N4O6/c1-15-7-8-18(36-15)14-27-23(31)10-9-19-16(2)29(3)24-13-20(28-30(24)26(19)32)17-11-21(33-4)25(35-6)22(12-17)34-5/h7-8,11-13H,9-10,14H2,1-6H3,(H,27,31). The molecule has 0 radical (unpaired) electrons. The van der Waals surface area contributed by atoms with Gasteiger partial charge in [0.05, 0.1) is 33.6 Å². The molecule has 0 aliphatic carbocycles. The second-order valence-electron chi connectivity index (χ2n) is 8.43. The monoisotopic (exact) mass is 494 g/mol. The molecule has 1 aromatic carbocycles. The second-order valence-corrected chi connectivity index (χ2v) is 8.43. The summed E-state index contributed by atoms with van der Waals surface area (Å²) >= 11 is 0. The summed E-state index contributed by atoms with van der Waals surface area (Å²) in [5.41, 5.74) is 2.97. The number of rotatable bonds is 9. The number of aryl methyl sites for hydroxylation is 2. The second kappa shape index (κ2) is 10.2. The number of hydrogen-bond donors (Lipinski definition) is 1. The van der Waals surface area contributed by atoms with Crippen LogP contribution in [0.1, 0.15) is 29.2 Å². The fraction of sp³-hybridized carbons (Fsp3) is 0.346. The fourth-order valence-electron chi connectivity index (χ4n) is 4.17. The Bertz CT molecular complexity index is 1450. The molecule has 0 atom stereocenters. The molecule has 3 aromatic heterocycles. The molecule has 4 rings (SSSR count). The topological polar surface area (TPSA) is 109 Å². The van der Waals surface area contributed by atoms with Crippen molar-refractivity contribution in [1.82, 2.24) is 19.5 Å². The lowest BCUT2D eigenvalue weighted by Crippen LogP contribution is -2.27. The number of methoxy groups -OCH3 is 3. The Labute approximate surface area is 208 Å². The van der Waals surface area contributed by atoms with Crippen LogP contribution in [0.15, 0.2) is 39.5 Å². The van der Waals surface area contributed by atoms with E-state index in [1.165, 1.54) is 11.6 Å². The number of nitrogens with one attached hydrogen (secondary N) is 1. The van der Waals surface area contributed by atoms with Gasteiger partial charge in [-0.05, 0) is 44.5 Å². The lowest BCUT2D eigenvalue weighted by atomic mass is 10.1.